The van der Waals surface area contributed by atoms with Crippen LogP contribution in [0.15, 0.2) is 54.6 Å². The predicted molar refractivity (Wildman–Crippen MR) is 115 cm³/mol. The Hall–Kier alpha value is -3.26. The molecule has 164 valence electrons. The lowest BCUT2D eigenvalue weighted by molar-refractivity contribution is -0.136. The van der Waals surface area contributed by atoms with E-state index in [4.69, 9.17) is 5.73 Å². The maximum atomic E-state index is 12.9. The number of halogens is 1. The Labute approximate surface area is 180 Å². The second-order valence-electron chi connectivity index (χ2n) is 7.67. The summed E-state index contributed by atoms with van der Waals surface area (Å²) in [6, 6.07) is 14.4. The van der Waals surface area contributed by atoms with Crippen molar-refractivity contribution in [3.63, 3.8) is 0 Å². The van der Waals surface area contributed by atoms with Crippen molar-refractivity contribution >= 4 is 23.4 Å². The zero-order chi connectivity index (χ0) is 22.2. The van der Waals surface area contributed by atoms with Gasteiger partial charge in [0.15, 0.2) is 0 Å². The molecular formula is C23H27FN4O3. The summed E-state index contributed by atoms with van der Waals surface area (Å²) in [5, 5.41) is 5.22. The minimum absolute atomic E-state index is 0.110. The molecule has 1 aliphatic heterocycles. The Morgan fingerprint density at radius 3 is 2.32 bits per heavy atom. The number of nitrogens with two attached hydrogens (primary N) is 1. The minimum atomic E-state index is -0.608. The predicted octanol–water partition coefficient (Wildman–Crippen LogP) is 1.69. The van der Waals surface area contributed by atoms with Gasteiger partial charge in [-0.15, -0.1) is 0 Å². The molecule has 4 N–H and O–H groups in total. The lowest BCUT2D eigenvalue weighted by Crippen LogP contribution is -2.49. The van der Waals surface area contributed by atoms with Crippen LogP contribution in [-0.4, -0.2) is 48.3 Å². The summed E-state index contributed by atoms with van der Waals surface area (Å²) in [4.78, 5) is 38.7. The molecule has 1 fully saturated rings. The van der Waals surface area contributed by atoms with Crippen molar-refractivity contribution in [2.45, 2.75) is 25.3 Å². The Balaban J connectivity index is 1.39. The zero-order valence-electron chi connectivity index (χ0n) is 17.2. The molecule has 3 rings (SSSR count). The molecule has 0 aliphatic carbocycles. The molecule has 0 aromatic heterocycles. The van der Waals surface area contributed by atoms with Crippen molar-refractivity contribution in [3.8, 4) is 0 Å². The van der Waals surface area contributed by atoms with Gasteiger partial charge in [-0.2, -0.15) is 0 Å². The highest BCUT2D eigenvalue weighted by atomic mass is 19.1. The number of hydrogen-bond donors (Lipinski definition) is 3. The van der Waals surface area contributed by atoms with Gasteiger partial charge in [-0.3, -0.25) is 14.4 Å². The Morgan fingerprint density at radius 2 is 1.68 bits per heavy atom. The number of rotatable bonds is 7. The second-order valence-corrected chi connectivity index (χ2v) is 7.67. The SMILES string of the molecule is NC(Cc1ccccc1)C(=O)N1CCC(C(=O)NCC(=O)Nc2ccc(F)cc2)CC1. The van der Waals surface area contributed by atoms with Crippen LogP contribution in [0.4, 0.5) is 10.1 Å². The molecule has 3 amide bonds. The minimum Gasteiger partial charge on any atom is -0.347 e. The average Bonchev–Trinajstić information content (AvgIpc) is 2.79. The summed E-state index contributed by atoms with van der Waals surface area (Å²) in [6.07, 6.45) is 1.52. The highest BCUT2D eigenvalue weighted by Crippen LogP contribution is 2.18. The van der Waals surface area contributed by atoms with Crippen LogP contribution in [0.5, 0.6) is 0 Å². The van der Waals surface area contributed by atoms with Crippen LogP contribution in [0.25, 0.3) is 0 Å². The topological polar surface area (TPSA) is 105 Å². The van der Waals surface area contributed by atoms with Gasteiger partial charge in [0.25, 0.3) is 0 Å². The van der Waals surface area contributed by atoms with Gasteiger partial charge in [-0.05, 0) is 49.1 Å². The molecule has 1 atom stereocenters. The number of benzene rings is 2. The first-order valence-corrected chi connectivity index (χ1v) is 10.3. The van der Waals surface area contributed by atoms with E-state index in [-0.39, 0.29) is 30.2 Å². The summed E-state index contributed by atoms with van der Waals surface area (Å²) in [5.41, 5.74) is 7.56. The Kier molecular flexibility index (Phi) is 7.72. The number of nitrogens with one attached hydrogen (secondary N) is 2. The van der Waals surface area contributed by atoms with Crippen LogP contribution in [0.3, 0.4) is 0 Å². The summed E-state index contributed by atoms with van der Waals surface area (Å²) >= 11 is 0. The number of hydrogen-bond acceptors (Lipinski definition) is 4. The lowest BCUT2D eigenvalue weighted by atomic mass is 9.95. The van der Waals surface area contributed by atoms with E-state index in [1.807, 2.05) is 30.3 Å². The number of anilines is 1. The third kappa shape index (κ3) is 6.62. The number of nitrogens with zero attached hydrogens (tertiary/aromatic N) is 1. The first kappa shape index (κ1) is 22.4. The zero-order valence-corrected chi connectivity index (χ0v) is 17.2. The quantitative estimate of drug-likeness (QED) is 0.627. The van der Waals surface area contributed by atoms with Gasteiger partial charge in [0, 0.05) is 24.7 Å². The van der Waals surface area contributed by atoms with Gasteiger partial charge in [-0.1, -0.05) is 30.3 Å². The molecule has 1 unspecified atom stereocenters. The van der Waals surface area contributed by atoms with Gasteiger partial charge >= 0.3 is 0 Å². The summed E-state index contributed by atoms with van der Waals surface area (Å²) < 4.78 is 12.9. The van der Waals surface area contributed by atoms with E-state index in [0.717, 1.165) is 5.56 Å². The van der Waals surface area contributed by atoms with E-state index in [0.29, 0.717) is 38.0 Å². The highest BCUT2D eigenvalue weighted by Gasteiger charge is 2.29. The van der Waals surface area contributed by atoms with Crippen LogP contribution >= 0.6 is 0 Å². The number of amides is 3. The Bertz CT molecular complexity index is 897. The molecule has 1 saturated heterocycles. The fraction of sp³-hybridized carbons (Fsp3) is 0.348. The molecule has 0 bridgehead atoms. The molecule has 1 aliphatic rings. The van der Waals surface area contributed by atoms with E-state index in [2.05, 4.69) is 10.6 Å². The highest BCUT2D eigenvalue weighted by molar-refractivity contribution is 5.94. The van der Waals surface area contributed by atoms with Gasteiger partial charge in [0.1, 0.15) is 5.82 Å². The third-order valence-electron chi connectivity index (χ3n) is 5.34. The summed E-state index contributed by atoms with van der Waals surface area (Å²) in [6.45, 7) is 0.750. The normalized spacial score (nSPS) is 15.2. The maximum absolute atomic E-state index is 12.9. The van der Waals surface area contributed by atoms with Crippen molar-refractivity contribution in [2.24, 2.45) is 11.7 Å². The van der Waals surface area contributed by atoms with Crippen LogP contribution in [0.2, 0.25) is 0 Å². The van der Waals surface area contributed by atoms with E-state index in [1.54, 1.807) is 4.90 Å². The largest absolute Gasteiger partial charge is 0.347 e. The molecule has 8 heteroatoms. The fourth-order valence-electron chi connectivity index (χ4n) is 3.60. The van der Waals surface area contributed by atoms with Gasteiger partial charge in [-0.25, -0.2) is 4.39 Å². The number of carbonyl (C=O) groups excluding carboxylic acids is 3. The molecule has 2 aromatic rings. The van der Waals surface area contributed by atoms with E-state index < -0.39 is 11.9 Å². The third-order valence-corrected chi connectivity index (χ3v) is 5.34. The van der Waals surface area contributed by atoms with Gasteiger partial charge in [0.05, 0.1) is 12.6 Å². The average molecular weight is 426 g/mol. The monoisotopic (exact) mass is 426 g/mol. The van der Waals surface area contributed by atoms with Crippen LogP contribution in [0.1, 0.15) is 18.4 Å². The van der Waals surface area contributed by atoms with Crippen molar-refractivity contribution in [3.05, 3.63) is 66.0 Å². The molecule has 0 radical (unpaired) electrons. The van der Waals surface area contributed by atoms with Crippen molar-refractivity contribution in [1.29, 1.82) is 0 Å². The van der Waals surface area contributed by atoms with E-state index >= 15 is 0 Å². The van der Waals surface area contributed by atoms with Crippen LogP contribution in [-0.2, 0) is 20.8 Å². The first-order valence-electron chi connectivity index (χ1n) is 10.3. The smallest absolute Gasteiger partial charge is 0.243 e. The molecule has 2 aromatic carbocycles. The molecule has 0 spiro atoms. The molecule has 1 heterocycles. The number of likely N-dealkylation sites (tertiary alicyclic amines) is 1. The molecule has 31 heavy (non-hydrogen) atoms. The Morgan fingerprint density at radius 1 is 1.03 bits per heavy atom. The van der Waals surface area contributed by atoms with Crippen molar-refractivity contribution < 1.29 is 18.8 Å². The fourth-order valence-corrected chi connectivity index (χ4v) is 3.60. The van der Waals surface area contributed by atoms with Crippen LogP contribution in [0, 0.1) is 11.7 Å². The lowest BCUT2D eigenvalue weighted by Gasteiger charge is -2.33. The number of carbonyl (C=O) groups is 3. The van der Waals surface area contributed by atoms with Gasteiger partial charge < -0.3 is 21.3 Å². The maximum Gasteiger partial charge on any atom is 0.243 e. The molecular weight excluding hydrogens is 399 g/mol. The van der Waals surface area contributed by atoms with E-state index in [9.17, 15) is 18.8 Å². The molecule has 7 nitrogen and oxygen atoms in total. The molecule has 0 saturated carbocycles. The van der Waals surface area contributed by atoms with Gasteiger partial charge in [0.2, 0.25) is 17.7 Å². The first-order chi connectivity index (χ1) is 14.9. The van der Waals surface area contributed by atoms with Crippen molar-refractivity contribution in [2.75, 3.05) is 25.0 Å². The van der Waals surface area contributed by atoms with Crippen molar-refractivity contribution in [1.82, 2.24) is 10.2 Å². The number of piperidine rings is 1. The summed E-state index contributed by atoms with van der Waals surface area (Å²) in [5.74, 6) is -1.36. The van der Waals surface area contributed by atoms with E-state index in [1.165, 1.54) is 24.3 Å². The summed E-state index contributed by atoms with van der Waals surface area (Å²) in [7, 11) is 0. The van der Waals surface area contributed by atoms with Crippen LogP contribution < -0.4 is 16.4 Å². The second kappa shape index (κ2) is 10.7. The standard InChI is InChI=1S/C23H27FN4O3/c24-18-6-8-19(9-7-18)27-21(29)15-26-22(30)17-10-12-28(13-11-17)23(31)20(25)14-16-4-2-1-3-5-16/h1-9,17,20H,10-15,25H2,(H,26,30)(H,27,29).